The molecule has 0 bridgehead atoms. The number of carbonyl (C=O) groups excluding carboxylic acids is 1. The molecule has 1 amide bonds. The normalized spacial score (nSPS) is 17.3. The Labute approximate surface area is 86.3 Å². The largest absolute Gasteiger partial charge is 0.339 e. The molecule has 0 N–H and O–H groups in total. The first-order chi connectivity index (χ1) is 6.84. The summed E-state index contributed by atoms with van der Waals surface area (Å²) in [5, 5.41) is 0. The molecular formula is C12H19NO. The van der Waals surface area contributed by atoms with Crippen LogP contribution in [0, 0.1) is 0 Å². The lowest BCUT2D eigenvalue weighted by Crippen LogP contribution is -2.34. The lowest BCUT2D eigenvalue weighted by atomic mass is 10.1. The second kappa shape index (κ2) is 6.41. The number of rotatable bonds is 4. The van der Waals surface area contributed by atoms with Gasteiger partial charge < -0.3 is 4.90 Å². The number of likely N-dealkylation sites (tertiary alicyclic amines) is 1. The second-order valence-corrected chi connectivity index (χ2v) is 3.65. The molecule has 1 aliphatic heterocycles. The van der Waals surface area contributed by atoms with Crippen LogP contribution in [0.15, 0.2) is 24.8 Å². The molecule has 0 spiro atoms. The molecule has 0 aromatic heterocycles. The van der Waals surface area contributed by atoms with Gasteiger partial charge in [-0.15, -0.1) is 6.58 Å². The molecule has 2 heteroatoms. The van der Waals surface area contributed by atoms with Crippen molar-refractivity contribution in [3.05, 3.63) is 24.8 Å². The highest BCUT2D eigenvalue weighted by Gasteiger charge is 2.13. The van der Waals surface area contributed by atoms with Crippen LogP contribution in [0.25, 0.3) is 0 Å². The molecule has 0 unspecified atom stereocenters. The van der Waals surface area contributed by atoms with Crippen LogP contribution in [0.5, 0.6) is 0 Å². The number of nitrogens with zero attached hydrogens (tertiary/aromatic N) is 1. The zero-order valence-electron chi connectivity index (χ0n) is 8.74. The summed E-state index contributed by atoms with van der Waals surface area (Å²) in [7, 11) is 0. The molecule has 0 saturated carbocycles. The SMILES string of the molecule is C=CCC/C=C/C(=O)N1CCCCC1. The van der Waals surface area contributed by atoms with Crippen molar-refractivity contribution in [3.8, 4) is 0 Å². The highest BCUT2D eigenvalue weighted by Crippen LogP contribution is 2.09. The average Bonchev–Trinajstić information content (AvgIpc) is 2.25. The minimum atomic E-state index is 0.175. The van der Waals surface area contributed by atoms with Gasteiger partial charge in [0.15, 0.2) is 0 Å². The summed E-state index contributed by atoms with van der Waals surface area (Å²) < 4.78 is 0. The Bertz CT molecular complexity index is 214. The average molecular weight is 193 g/mol. The third-order valence-corrected chi connectivity index (χ3v) is 2.47. The molecule has 0 aromatic rings. The number of unbranched alkanes of at least 4 members (excludes halogenated alkanes) is 1. The van der Waals surface area contributed by atoms with Crippen molar-refractivity contribution in [1.29, 1.82) is 0 Å². The molecule has 0 radical (unpaired) electrons. The minimum absolute atomic E-state index is 0.175. The van der Waals surface area contributed by atoms with Crippen molar-refractivity contribution >= 4 is 5.91 Å². The van der Waals surface area contributed by atoms with E-state index >= 15 is 0 Å². The summed E-state index contributed by atoms with van der Waals surface area (Å²) in [5.41, 5.74) is 0. The van der Waals surface area contributed by atoms with Gasteiger partial charge in [-0.2, -0.15) is 0 Å². The third-order valence-electron chi connectivity index (χ3n) is 2.47. The van der Waals surface area contributed by atoms with Gasteiger partial charge in [-0.3, -0.25) is 4.79 Å². The van der Waals surface area contributed by atoms with Crippen LogP contribution in [0.4, 0.5) is 0 Å². The summed E-state index contributed by atoms with van der Waals surface area (Å²) in [4.78, 5) is 13.5. The molecule has 78 valence electrons. The number of piperidine rings is 1. The fraction of sp³-hybridized carbons (Fsp3) is 0.583. The van der Waals surface area contributed by atoms with E-state index in [2.05, 4.69) is 6.58 Å². The lowest BCUT2D eigenvalue weighted by Gasteiger charge is -2.25. The molecule has 0 aromatic carbocycles. The molecule has 1 aliphatic rings. The van der Waals surface area contributed by atoms with Gasteiger partial charge in [0.2, 0.25) is 5.91 Å². The first-order valence-electron chi connectivity index (χ1n) is 5.41. The fourth-order valence-electron chi connectivity index (χ4n) is 1.62. The Kier molecular flexibility index (Phi) is 5.05. The zero-order chi connectivity index (χ0) is 10.2. The van der Waals surface area contributed by atoms with Gasteiger partial charge in [0.1, 0.15) is 0 Å². The standard InChI is InChI=1S/C12H19NO/c1-2-3-4-6-9-12(14)13-10-7-5-8-11-13/h2,6,9H,1,3-5,7-8,10-11H2/b9-6+. The van der Waals surface area contributed by atoms with Crippen LogP contribution < -0.4 is 0 Å². The van der Waals surface area contributed by atoms with Crippen molar-refractivity contribution in [3.63, 3.8) is 0 Å². The first-order valence-corrected chi connectivity index (χ1v) is 5.41. The molecule has 1 saturated heterocycles. The van der Waals surface area contributed by atoms with E-state index in [4.69, 9.17) is 0 Å². The van der Waals surface area contributed by atoms with Crippen molar-refractivity contribution in [1.82, 2.24) is 4.90 Å². The van der Waals surface area contributed by atoms with E-state index in [0.29, 0.717) is 0 Å². The smallest absolute Gasteiger partial charge is 0.246 e. The summed E-state index contributed by atoms with van der Waals surface area (Å²) in [6, 6.07) is 0. The van der Waals surface area contributed by atoms with Crippen molar-refractivity contribution in [2.75, 3.05) is 13.1 Å². The first kappa shape index (κ1) is 11.0. The van der Waals surface area contributed by atoms with Gasteiger partial charge in [0.25, 0.3) is 0 Å². The van der Waals surface area contributed by atoms with Crippen LogP contribution in [0.2, 0.25) is 0 Å². The highest BCUT2D eigenvalue weighted by atomic mass is 16.2. The summed E-state index contributed by atoms with van der Waals surface area (Å²) in [6.45, 7) is 5.51. The molecule has 2 nitrogen and oxygen atoms in total. The van der Waals surface area contributed by atoms with E-state index in [9.17, 15) is 4.79 Å². The van der Waals surface area contributed by atoms with Crippen molar-refractivity contribution in [2.45, 2.75) is 32.1 Å². The molecule has 1 heterocycles. The Morgan fingerprint density at radius 2 is 1.93 bits per heavy atom. The van der Waals surface area contributed by atoms with E-state index in [0.717, 1.165) is 38.8 Å². The van der Waals surface area contributed by atoms with Crippen LogP contribution in [0.1, 0.15) is 32.1 Å². The van der Waals surface area contributed by atoms with Crippen LogP contribution in [0.3, 0.4) is 0 Å². The van der Waals surface area contributed by atoms with E-state index in [1.807, 2.05) is 17.1 Å². The van der Waals surface area contributed by atoms with E-state index in [-0.39, 0.29) is 5.91 Å². The maximum absolute atomic E-state index is 11.6. The number of hydrogen-bond acceptors (Lipinski definition) is 1. The molecule has 1 rings (SSSR count). The molecule has 0 atom stereocenters. The topological polar surface area (TPSA) is 20.3 Å². The van der Waals surface area contributed by atoms with Crippen LogP contribution in [-0.4, -0.2) is 23.9 Å². The Hall–Kier alpha value is -1.05. The van der Waals surface area contributed by atoms with E-state index in [1.54, 1.807) is 6.08 Å². The maximum Gasteiger partial charge on any atom is 0.246 e. The number of allylic oxidation sites excluding steroid dienone is 2. The van der Waals surface area contributed by atoms with Gasteiger partial charge in [-0.05, 0) is 38.2 Å². The minimum Gasteiger partial charge on any atom is -0.339 e. The summed E-state index contributed by atoms with van der Waals surface area (Å²) >= 11 is 0. The van der Waals surface area contributed by atoms with Gasteiger partial charge >= 0.3 is 0 Å². The Morgan fingerprint density at radius 3 is 2.57 bits per heavy atom. The maximum atomic E-state index is 11.6. The number of amides is 1. The third kappa shape index (κ3) is 3.77. The summed E-state index contributed by atoms with van der Waals surface area (Å²) in [6.07, 6.45) is 11.0. The lowest BCUT2D eigenvalue weighted by molar-refractivity contribution is -0.126. The molecule has 0 aliphatic carbocycles. The van der Waals surface area contributed by atoms with Crippen molar-refractivity contribution < 1.29 is 4.79 Å². The van der Waals surface area contributed by atoms with E-state index < -0.39 is 0 Å². The molecule has 14 heavy (non-hydrogen) atoms. The zero-order valence-corrected chi connectivity index (χ0v) is 8.74. The second-order valence-electron chi connectivity index (χ2n) is 3.65. The summed E-state index contributed by atoms with van der Waals surface area (Å²) in [5.74, 6) is 0.175. The predicted octanol–water partition coefficient (Wildman–Crippen LogP) is 2.52. The number of hydrogen-bond donors (Lipinski definition) is 0. The highest BCUT2D eigenvalue weighted by molar-refractivity contribution is 5.87. The van der Waals surface area contributed by atoms with Gasteiger partial charge in [0, 0.05) is 13.1 Å². The predicted molar refractivity (Wildman–Crippen MR) is 59.0 cm³/mol. The number of carbonyl (C=O) groups is 1. The van der Waals surface area contributed by atoms with Crippen LogP contribution in [-0.2, 0) is 4.79 Å². The van der Waals surface area contributed by atoms with Crippen molar-refractivity contribution in [2.24, 2.45) is 0 Å². The fourth-order valence-corrected chi connectivity index (χ4v) is 1.62. The van der Waals surface area contributed by atoms with Gasteiger partial charge in [0.05, 0.1) is 0 Å². The molecule has 1 fully saturated rings. The Morgan fingerprint density at radius 1 is 1.21 bits per heavy atom. The van der Waals surface area contributed by atoms with Gasteiger partial charge in [-0.1, -0.05) is 12.2 Å². The quantitative estimate of drug-likeness (QED) is 0.381. The molecular weight excluding hydrogens is 174 g/mol. The van der Waals surface area contributed by atoms with Gasteiger partial charge in [-0.25, -0.2) is 0 Å². The monoisotopic (exact) mass is 193 g/mol. The van der Waals surface area contributed by atoms with Crippen LogP contribution >= 0.6 is 0 Å². The Balaban J connectivity index is 2.25. The van der Waals surface area contributed by atoms with E-state index in [1.165, 1.54) is 6.42 Å².